The zero-order chi connectivity index (χ0) is 20.9. The van der Waals surface area contributed by atoms with Crippen molar-refractivity contribution in [2.24, 2.45) is 0 Å². The van der Waals surface area contributed by atoms with Crippen molar-refractivity contribution in [3.63, 3.8) is 0 Å². The van der Waals surface area contributed by atoms with Gasteiger partial charge >= 0.3 is 5.97 Å². The van der Waals surface area contributed by atoms with Gasteiger partial charge in [-0.05, 0) is 57.0 Å². The van der Waals surface area contributed by atoms with Crippen LogP contribution in [0.25, 0.3) is 11.1 Å². The van der Waals surface area contributed by atoms with Crippen molar-refractivity contribution >= 4 is 40.2 Å². The minimum absolute atomic E-state index is 0.0648. The summed E-state index contributed by atoms with van der Waals surface area (Å²) in [6.07, 6.45) is 0.0648. The first-order valence-electron chi connectivity index (χ1n) is 9.01. The summed E-state index contributed by atoms with van der Waals surface area (Å²) in [6, 6.07) is 12.4. The third-order valence-corrected chi connectivity index (χ3v) is 6.26. The monoisotopic (exact) mass is 441 g/mol. The van der Waals surface area contributed by atoms with E-state index in [1.165, 1.54) is 0 Å². The summed E-state index contributed by atoms with van der Waals surface area (Å²) in [5.41, 5.74) is 2.35. The van der Waals surface area contributed by atoms with Crippen molar-refractivity contribution in [2.75, 3.05) is 6.61 Å². The molecule has 2 rings (SSSR count). The van der Waals surface area contributed by atoms with Crippen LogP contribution >= 0.6 is 23.2 Å². The van der Waals surface area contributed by atoms with Crippen molar-refractivity contribution in [3.05, 3.63) is 58.1 Å². The zero-order valence-electron chi connectivity index (χ0n) is 16.4. The van der Waals surface area contributed by atoms with Gasteiger partial charge in [-0.2, -0.15) is 0 Å². The fourth-order valence-electron chi connectivity index (χ4n) is 2.60. The maximum absolute atomic E-state index is 12.7. The first-order valence-corrected chi connectivity index (χ1v) is 10.9. The fourth-order valence-corrected chi connectivity index (χ4v) is 4.05. The molecule has 0 fully saturated rings. The summed E-state index contributed by atoms with van der Waals surface area (Å²) in [5.74, 6) is -0.355. The maximum atomic E-state index is 12.7. The summed E-state index contributed by atoms with van der Waals surface area (Å²) in [7, 11) is -1.36. The van der Waals surface area contributed by atoms with E-state index in [9.17, 15) is 9.00 Å². The first-order chi connectivity index (χ1) is 13.1. The molecule has 0 saturated carbocycles. The highest BCUT2D eigenvalue weighted by molar-refractivity contribution is 7.84. The summed E-state index contributed by atoms with van der Waals surface area (Å²) in [4.78, 5) is 12.1. The number of nitrogens with one attached hydrogen (secondary N) is 1. The summed E-state index contributed by atoms with van der Waals surface area (Å²) in [6.45, 7) is 7.67. The first kappa shape index (κ1) is 22.9. The van der Waals surface area contributed by atoms with Crippen LogP contribution in [0.2, 0.25) is 10.0 Å². The van der Waals surface area contributed by atoms with Gasteiger partial charge in [0.05, 0.1) is 34.8 Å². The van der Waals surface area contributed by atoms with E-state index in [4.69, 9.17) is 27.9 Å². The lowest BCUT2D eigenvalue weighted by Gasteiger charge is -2.24. The number of hydrogen-bond donors (Lipinski definition) is 1. The minimum atomic E-state index is -1.36. The molecule has 28 heavy (non-hydrogen) atoms. The third kappa shape index (κ3) is 6.05. The molecule has 0 saturated heterocycles. The molecule has 0 radical (unpaired) electrons. The van der Waals surface area contributed by atoms with Crippen molar-refractivity contribution < 1.29 is 13.7 Å². The van der Waals surface area contributed by atoms with Crippen molar-refractivity contribution in [2.45, 2.75) is 44.9 Å². The molecular weight excluding hydrogens is 417 g/mol. The van der Waals surface area contributed by atoms with Crippen molar-refractivity contribution in [1.29, 1.82) is 0 Å². The van der Waals surface area contributed by atoms with Crippen LogP contribution in [0.1, 0.15) is 45.7 Å². The SMILES string of the molecule is CCOC(=O)C[C@H](N[S@](=O)C(C)(C)C)c1cccc(-c2c(Cl)cccc2Cl)c1. The van der Waals surface area contributed by atoms with E-state index in [1.807, 2.05) is 45.0 Å². The molecule has 0 aliphatic carbocycles. The number of ether oxygens (including phenoxy) is 1. The predicted molar refractivity (Wildman–Crippen MR) is 117 cm³/mol. The van der Waals surface area contributed by atoms with Gasteiger partial charge in [-0.3, -0.25) is 4.79 Å². The lowest BCUT2D eigenvalue weighted by Crippen LogP contribution is -2.36. The highest BCUT2D eigenvalue weighted by Gasteiger charge is 2.26. The van der Waals surface area contributed by atoms with Crippen LogP contribution < -0.4 is 4.72 Å². The molecule has 2 aromatic carbocycles. The largest absolute Gasteiger partial charge is 0.466 e. The molecule has 2 aromatic rings. The number of hydrogen-bond acceptors (Lipinski definition) is 3. The van der Waals surface area contributed by atoms with Gasteiger partial charge in [0.15, 0.2) is 0 Å². The Morgan fingerprint density at radius 2 is 1.75 bits per heavy atom. The highest BCUT2D eigenvalue weighted by Crippen LogP contribution is 2.36. The van der Waals surface area contributed by atoms with Crippen LogP contribution in [0.5, 0.6) is 0 Å². The smallest absolute Gasteiger partial charge is 0.307 e. The van der Waals surface area contributed by atoms with Gasteiger partial charge in [-0.15, -0.1) is 0 Å². The maximum Gasteiger partial charge on any atom is 0.307 e. The van der Waals surface area contributed by atoms with Crippen molar-refractivity contribution in [3.8, 4) is 11.1 Å². The number of halogens is 2. The van der Waals surface area contributed by atoms with Gasteiger partial charge in [0.1, 0.15) is 0 Å². The van der Waals surface area contributed by atoms with Crippen LogP contribution in [0.4, 0.5) is 0 Å². The summed E-state index contributed by atoms with van der Waals surface area (Å²) in [5, 5.41) is 1.08. The normalized spacial score (nSPS) is 13.8. The standard InChI is InChI=1S/C21H25Cl2NO3S/c1-5-27-19(25)13-18(24-28(26)21(2,3)4)14-8-6-9-15(12-14)20-16(22)10-7-11-17(20)23/h6-12,18,24H,5,13H2,1-4H3/t18-,28+/m0/s1. The van der Waals surface area contributed by atoms with Crippen LogP contribution in [0.15, 0.2) is 42.5 Å². The molecule has 0 amide bonds. The molecule has 0 unspecified atom stereocenters. The topological polar surface area (TPSA) is 55.4 Å². The van der Waals surface area contributed by atoms with E-state index >= 15 is 0 Å². The Kier molecular flexibility index (Phi) is 8.07. The number of carbonyl (C=O) groups excluding carboxylic acids is 1. The Bertz CT molecular complexity index is 845. The lowest BCUT2D eigenvalue weighted by molar-refractivity contribution is -0.143. The van der Waals surface area contributed by atoms with E-state index in [2.05, 4.69) is 4.72 Å². The Hall–Kier alpha value is -1.40. The summed E-state index contributed by atoms with van der Waals surface area (Å²) >= 11 is 12.7. The Morgan fingerprint density at radius 3 is 2.32 bits per heavy atom. The highest BCUT2D eigenvalue weighted by atomic mass is 35.5. The molecule has 152 valence electrons. The van der Waals surface area contributed by atoms with E-state index in [0.717, 1.165) is 16.7 Å². The molecule has 0 heterocycles. The molecule has 2 atom stereocenters. The van der Waals surface area contributed by atoms with Gasteiger partial charge in [-0.1, -0.05) is 47.5 Å². The molecule has 0 bridgehead atoms. The number of benzene rings is 2. The van der Waals surface area contributed by atoms with Crippen LogP contribution in [0, 0.1) is 0 Å². The Balaban J connectivity index is 2.42. The van der Waals surface area contributed by atoms with Crippen LogP contribution in [-0.4, -0.2) is 21.5 Å². The molecule has 4 nitrogen and oxygen atoms in total. The van der Waals surface area contributed by atoms with E-state index in [-0.39, 0.29) is 12.4 Å². The number of esters is 1. The number of rotatable bonds is 7. The average Bonchev–Trinajstić information content (AvgIpc) is 2.60. The molecule has 0 spiro atoms. The molecule has 1 N–H and O–H groups in total. The van der Waals surface area contributed by atoms with E-state index < -0.39 is 21.8 Å². The van der Waals surface area contributed by atoms with Gasteiger partial charge < -0.3 is 4.74 Å². The predicted octanol–water partition coefficient (Wildman–Crippen LogP) is 5.71. The zero-order valence-corrected chi connectivity index (χ0v) is 18.8. The quantitative estimate of drug-likeness (QED) is 0.559. The second-order valence-corrected chi connectivity index (χ2v) is 10.1. The van der Waals surface area contributed by atoms with Crippen LogP contribution in [-0.2, 0) is 20.5 Å². The van der Waals surface area contributed by atoms with Gasteiger partial charge in [-0.25, -0.2) is 8.93 Å². The fraction of sp³-hybridized carbons (Fsp3) is 0.381. The molecular formula is C21H25Cl2NO3S. The number of carbonyl (C=O) groups is 1. The van der Waals surface area contributed by atoms with E-state index in [1.54, 1.807) is 25.1 Å². The molecule has 0 aliphatic heterocycles. The lowest BCUT2D eigenvalue weighted by atomic mass is 9.98. The summed E-state index contributed by atoms with van der Waals surface area (Å²) < 4.78 is 20.4. The van der Waals surface area contributed by atoms with Gasteiger partial charge in [0, 0.05) is 15.6 Å². The molecule has 7 heteroatoms. The minimum Gasteiger partial charge on any atom is -0.466 e. The second-order valence-electron chi connectivity index (χ2n) is 7.28. The third-order valence-electron chi connectivity index (χ3n) is 4.02. The Morgan fingerprint density at radius 1 is 1.14 bits per heavy atom. The average molecular weight is 442 g/mol. The van der Waals surface area contributed by atoms with Crippen LogP contribution in [0.3, 0.4) is 0 Å². The van der Waals surface area contributed by atoms with Crippen molar-refractivity contribution in [1.82, 2.24) is 4.72 Å². The molecule has 0 aliphatic rings. The molecule has 0 aromatic heterocycles. The van der Waals surface area contributed by atoms with E-state index in [0.29, 0.717) is 16.7 Å². The van der Waals surface area contributed by atoms with Gasteiger partial charge in [0.2, 0.25) is 0 Å². The second kappa shape index (κ2) is 9.88. The Labute approximate surface area is 179 Å². The van der Waals surface area contributed by atoms with Gasteiger partial charge in [0.25, 0.3) is 0 Å².